The lowest BCUT2D eigenvalue weighted by Crippen LogP contribution is -2.43. The third-order valence-corrected chi connectivity index (χ3v) is 5.57. The lowest BCUT2D eigenvalue weighted by molar-refractivity contribution is 0.102. The third-order valence-electron chi connectivity index (χ3n) is 5.57. The summed E-state index contributed by atoms with van der Waals surface area (Å²) < 4.78 is 0. The van der Waals surface area contributed by atoms with Gasteiger partial charge in [-0.25, -0.2) is 9.97 Å². The summed E-state index contributed by atoms with van der Waals surface area (Å²) >= 11 is 0. The first kappa shape index (κ1) is 18.7. The number of aromatic amines is 1. The van der Waals surface area contributed by atoms with E-state index in [0.29, 0.717) is 5.69 Å². The molecule has 0 atom stereocenters. The Morgan fingerprint density at radius 1 is 1.13 bits per heavy atom. The second kappa shape index (κ2) is 7.85. The van der Waals surface area contributed by atoms with Gasteiger partial charge in [0.1, 0.15) is 11.5 Å². The van der Waals surface area contributed by atoms with Crippen molar-refractivity contribution in [2.45, 2.75) is 13.5 Å². The molecular formula is C23H24N6O. The van der Waals surface area contributed by atoms with Crippen molar-refractivity contribution in [3.05, 3.63) is 65.7 Å². The number of nitrogens with one attached hydrogen (secondary N) is 3. The Morgan fingerprint density at radius 3 is 2.83 bits per heavy atom. The van der Waals surface area contributed by atoms with Gasteiger partial charge < -0.3 is 15.6 Å². The van der Waals surface area contributed by atoms with E-state index in [-0.39, 0.29) is 5.91 Å². The number of carbonyl (C=O) groups is 1. The Morgan fingerprint density at radius 2 is 2.00 bits per heavy atom. The highest BCUT2D eigenvalue weighted by Gasteiger charge is 2.13. The summed E-state index contributed by atoms with van der Waals surface area (Å²) in [6.07, 6.45) is 1.84. The van der Waals surface area contributed by atoms with Gasteiger partial charge in [-0.15, -0.1) is 0 Å². The molecule has 4 aromatic rings. The molecule has 152 valence electrons. The van der Waals surface area contributed by atoms with E-state index >= 15 is 0 Å². The highest BCUT2D eigenvalue weighted by molar-refractivity contribution is 6.06. The molecule has 1 saturated heterocycles. The molecule has 0 spiro atoms. The van der Waals surface area contributed by atoms with E-state index in [1.54, 1.807) is 0 Å². The van der Waals surface area contributed by atoms with Crippen molar-refractivity contribution in [1.29, 1.82) is 0 Å². The van der Waals surface area contributed by atoms with Gasteiger partial charge in [-0.3, -0.25) is 9.69 Å². The number of amides is 1. The number of benzene rings is 2. The minimum absolute atomic E-state index is 0.166. The van der Waals surface area contributed by atoms with Crippen LogP contribution in [-0.4, -0.2) is 51.9 Å². The van der Waals surface area contributed by atoms with E-state index in [2.05, 4.69) is 25.5 Å². The summed E-state index contributed by atoms with van der Waals surface area (Å²) in [6.45, 7) is 6.83. The van der Waals surface area contributed by atoms with Gasteiger partial charge in [0.05, 0.1) is 12.1 Å². The second-order valence-electron chi connectivity index (χ2n) is 7.76. The molecule has 0 unspecified atom stereocenters. The minimum Gasteiger partial charge on any atom is -0.350 e. The van der Waals surface area contributed by atoms with Gasteiger partial charge in [0.25, 0.3) is 5.91 Å². The molecule has 2 aromatic carbocycles. The number of H-pyrrole nitrogens is 1. The van der Waals surface area contributed by atoms with E-state index in [4.69, 9.17) is 4.98 Å². The zero-order chi connectivity index (χ0) is 20.5. The monoisotopic (exact) mass is 400 g/mol. The predicted octanol–water partition coefficient (Wildman–Crippen LogP) is 3.08. The van der Waals surface area contributed by atoms with Crippen LogP contribution in [0.3, 0.4) is 0 Å². The van der Waals surface area contributed by atoms with Crippen molar-refractivity contribution in [3.63, 3.8) is 0 Å². The van der Waals surface area contributed by atoms with Gasteiger partial charge in [-0.1, -0.05) is 18.2 Å². The lowest BCUT2D eigenvalue weighted by atomic mass is 10.2. The first-order chi connectivity index (χ1) is 14.7. The summed E-state index contributed by atoms with van der Waals surface area (Å²) in [5.41, 5.74) is 4.26. The number of para-hydroxylation sites is 1. The molecule has 1 amide bonds. The molecule has 0 aliphatic carbocycles. The highest BCUT2D eigenvalue weighted by Crippen LogP contribution is 2.21. The van der Waals surface area contributed by atoms with E-state index in [9.17, 15) is 4.79 Å². The Balaban J connectivity index is 1.33. The van der Waals surface area contributed by atoms with Crippen molar-refractivity contribution in [3.8, 4) is 0 Å². The smallest absolute Gasteiger partial charge is 0.272 e. The molecule has 0 bridgehead atoms. The molecule has 30 heavy (non-hydrogen) atoms. The Kier molecular flexibility index (Phi) is 4.90. The van der Waals surface area contributed by atoms with Gasteiger partial charge in [-0.05, 0) is 36.8 Å². The van der Waals surface area contributed by atoms with Crippen LogP contribution in [0.1, 0.15) is 21.9 Å². The molecule has 2 aromatic heterocycles. The van der Waals surface area contributed by atoms with Gasteiger partial charge in [0, 0.05) is 54.4 Å². The van der Waals surface area contributed by atoms with Gasteiger partial charge in [0.15, 0.2) is 0 Å². The zero-order valence-electron chi connectivity index (χ0n) is 16.9. The first-order valence-corrected chi connectivity index (χ1v) is 10.2. The number of anilines is 1. The zero-order valence-corrected chi connectivity index (χ0v) is 16.9. The van der Waals surface area contributed by atoms with E-state index in [0.717, 1.165) is 71.6 Å². The number of carbonyl (C=O) groups excluding carboxylic acids is 1. The summed E-state index contributed by atoms with van der Waals surface area (Å²) in [6, 6.07) is 13.6. The van der Waals surface area contributed by atoms with Crippen molar-refractivity contribution in [2.24, 2.45) is 0 Å². The molecule has 0 saturated carbocycles. The molecule has 1 aliphatic heterocycles. The standard InChI is InChI=1S/C23H24N6O/c1-15-3-2-4-16-12-20(28-22(15)16)23(30)26-18-5-6-19-17(11-18)13-25-21(27-19)14-29-9-7-24-8-10-29/h2-6,11-13,24,28H,7-10,14H2,1H3,(H,26,30). The molecule has 1 aliphatic rings. The van der Waals surface area contributed by atoms with Crippen molar-refractivity contribution in [1.82, 2.24) is 25.2 Å². The fourth-order valence-corrected chi connectivity index (χ4v) is 3.92. The van der Waals surface area contributed by atoms with Gasteiger partial charge >= 0.3 is 0 Å². The maximum atomic E-state index is 12.7. The predicted molar refractivity (Wildman–Crippen MR) is 119 cm³/mol. The molecule has 1 fully saturated rings. The van der Waals surface area contributed by atoms with Crippen LogP contribution in [0.4, 0.5) is 5.69 Å². The van der Waals surface area contributed by atoms with Crippen molar-refractivity contribution < 1.29 is 4.79 Å². The molecule has 3 heterocycles. The summed E-state index contributed by atoms with van der Waals surface area (Å²) in [5, 5.41) is 8.26. The number of hydrogen-bond donors (Lipinski definition) is 3. The SMILES string of the molecule is Cc1cccc2cc(C(=O)Nc3ccc4nc(CN5CCNCC5)ncc4c3)[nH]c12. The number of hydrogen-bond acceptors (Lipinski definition) is 5. The van der Waals surface area contributed by atoms with Crippen LogP contribution in [0.15, 0.2) is 48.7 Å². The number of rotatable bonds is 4. The van der Waals surface area contributed by atoms with Crippen LogP contribution in [0.2, 0.25) is 0 Å². The van der Waals surface area contributed by atoms with Crippen LogP contribution in [0.5, 0.6) is 0 Å². The number of fused-ring (bicyclic) bond motifs is 2. The van der Waals surface area contributed by atoms with E-state index in [1.807, 2.05) is 55.6 Å². The van der Waals surface area contributed by atoms with Gasteiger partial charge in [0.2, 0.25) is 0 Å². The third kappa shape index (κ3) is 3.77. The minimum atomic E-state index is -0.166. The molecule has 5 rings (SSSR count). The Labute approximate surface area is 174 Å². The first-order valence-electron chi connectivity index (χ1n) is 10.2. The number of aryl methyl sites for hydroxylation is 1. The largest absolute Gasteiger partial charge is 0.350 e. The van der Waals surface area contributed by atoms with Crippen LogP contribution in [0.25, 0.3) is 21.8 Å². The maximum Gasteiger partial charge on any atom is 0.272 e. The Bertz CT molecular complexity index is 1230. The number of piperazine rings is 1. The average molecular weight is 400 g/mol. The van der Waals surface area contributed by atoms with Crippen LogP contribution in [0, 0.1) is 6.92 Å². The fraction of sp³-hybridized carbons (Fsp3) is 0.261. The summed E-state index contributed by atoms with van der Waals surface area (Å²) in [4.78, 5) is 27.5. The van der Waals surface area contributed by atoms with Crippen LogP contribution < -0.4 is 10.6 Å². The summed E-state index contributed by atoms with van der Waals surface area (Å²) in [7, 11) is 0. The van der Waals surface area contributed by atoms with Crippen molar-refractivity contribution in [2.75, 3.05) is 31.5 Å². The van der Waals surface area contributed by atoms with Crippen molar-refractivity contribution >= 4 is 33.4 Å². The molecular weight excluding hydrogens is 376 g/mol. The normalized spacial score (nSPS) is 15.0. The highest BCUT2D eigenvalue weighted by atomic mass is 16.1. The second-order valence-corrected chi connectivity index (χ2v) is 7.76. The summed E-state index contributed by atoms with van der Waals surface area (Å²) in [5.74, 6) is 0.663. The molecule has 7 nitrogen and oxygen atoms in total. The molecule has 0 radical (unpaired) electrons. The van der Waals surface area contributed by atoms with Gasteiger partial charge in [-0.2, -0.15) is 0 Å². The van der Waals surface area contributed by atoms with Crippen LogP contribution in [-0.2, 0) is 6.54 Å². The molecule has 3 N–H and O–H groups in total. The molecule has 7 heteroatoms. The van der Waals surface area contributed by atoms with E-state index in [1.165, 1.54) is 0 Å². The topological polar surface area (TPSA) is 85.9 Å². The average Bonchev–Trinajstić information content (AvgIpc) is 3.21. The number of aromatic nitrogens is 3. The number of nitrogens with zero attached hydrogens (tertiary/aromatic N) is 3. The Hall–Kier alpha value is -3.29. The fourth-order valence-electron chi connectivity index (χ4n) is 3.92. The quantitative estimate of drug-likeness (QED) is 0.490. The van der Waals surface area contributed by atoms with Crippen LogP contribution >= 0.6 is 0 Å². The maximum absolute atomic E-state index is 12.7. The lowest BCUT2D eigenvalue weighted by Gasteiger charge is -2.26. The van der Waals surface area contributed by atoms with E-state index < -0.39 is 0 Å².